The molecule has 0 amide bonds. The fourth-order valence-corrected chi connectivity index (χ4v) is 2.69. The minimum Gasteiger partial charge on any atom is -0.420 e. The third-order valence-electron chi connectivity index (χ3n) is 4.43. The minimum atomic E-state index is -4.99. The molecular formula is C24H15F5N2O4. The van der Waals surface area contributed by atoms with Crippen molar-refractivity contribution in [2.24, 2.45) is 0 Å². The van der Waals surface area contributed by atoms with Crippen molar-refractivity contribution in [2.75, 3.05) is 0 Å². The molecule has 0 aliphatic heterocycles. The lowest BCUT2D eigenvalue weighted by atomic mass is 10.1. The van der Waals surface area contributed by atoms with Crippen molar-refractivity contribution in [3.63, 3.8) is 0 Å². The van der Waals surface area contributed by atoms with Gasteiger partial charge in [-0.1, -0.05) is 12.7 Å². The first-order chi connectivity index (χ1) is 16.5. The maximum absolute atomic E-state index is 14.5. The van der Waals surface area contributed by atoms with E-state index in [1.54, 1.807) is 18.5 Å². The Kier molecular flexibility index (Phi) is 7.38. The highest BCUT2D eigenvalue weighted by atomic mass is 19.4. The van der Waals surface area contributed by atoms with Crippen LogP contribution >= 0.6 is 0 Å². The van der Waals surface area contributed by atoms with Crippen LogP contribution in [0.4, 0.5) is 22.0 Å². The summed E-state index contributed by atoms with van der Waals surface area (Å²) < 4.78 is 75.0. The molecule has 0 unspecified atom stereocenters. The number of halogens is 5. The molecular weight excluding hydrogens is 475 g/mol. The molecule has 0 saturated heterocycles. The second-order valence-corrected chi connectivity index (χ2v) is 6.95. The van der Waals surface area contributed by atoms with Crippen molar-refractivity contribution in [3.05, 3.63) is 102 Å². The van der Waals surface area contributed by atoms with E-state index < -0.39 is 52.4 Å². The molecule has 3 aromatic rings. The molecule has 3 rings (SSSR count). The Morgan fingerprint density at radius 3 is 2.23 bits per heavy atom. The van der Waals surface area contributed by atoms with Gasteiger partial charge in [-0.15, -0.1) is 6.58 Å². The number of carbonyl (C=O) groups excluding carboxylic acids is 2. The zero-order valence-electron chi connectivity index (χ0n) is 17.7. The number of benzene rings is 2. The molecule has 0 spiro atoms. The molecule has 2 aromatic carbocycles. The van der Waals surface area contributed by atoms with Gasteiger partial charge in [0.1, 0.15) is 5.82 Å². The van der Waals surface area contributed by atoms with Gasteiger partial charge in [-0.05, 0) is 48.4 Å². The van der Waals surface area contributed by atoms with Gasteiger partial charge >= 0.3 is 18.1 Å². The Labute approximate surface area is 195 Å². The van der Waals surface area contributed by atoms with Crippen molar-refractivity contribution in [1.29, 1.82) is 0 Å². The number of esters is 2. The van der Waals surface area contributed by atoms with Gasteiger partial charge in [0.2, 0.25) is 5.76 Å². The summed E-state index contributed by atoms with van der Waals surface area (Å²) in [6.07, 6.45) is 0.353. The highest BCUT2D eigenvalue weighted by molar-refractivity contribution is 5.94. The molecule has 35 heavy (non-hydrogen) atoms. The number of ether oxygens (including phenoxy) is 2. The molecule has 0 aliphatic carbocycles. The predicted octanol–water partition coefficient (Wildman–Crippen LogP) is 5.60. The van der Waals surface area contributed by atoms with Crippen LogP contribution in [0.5, 0.6) is 5.75 Å². The zero-order chi connectivity index (χ0) is 25.8. The van der Waals surface area contributed by atoms with Crippen molar-refractivity contribution < 1.29 is 41.0 Å². The Morgan fingerprint density at radius 1 is 0.971 bits per heavy atom. The van der Waals surface area contributed by atoms with Gasteiger partial charge in [-0.25, -0.2) is 28.3 Å². The molecule has 6 nitrogen and oxygen atoms in total. The maximum Gasteiger partial charge on any atom is 0.449 e. The summed E-state index contributed by atoms with van der Waals surface area (Å²) in [5.41, 5.74) is -0.205. The standard InChI is InChI=1S/C24H15F5N2O4/c1-3-4-14-11-30-21(31-12-14)15-6-8-20(19(26)9-15)35-23(33)17-7-5-16(10-18(17)25)22(32)34-13(2)24(27,28)29/h3,5-12H,1-2,4H2. The van der Waals surface area contributed by atoms with Crippen molar-refractivity contribution in [3.8, 4) is 17.1 Å². The zero-order valence-corrected chi connectivity index (χ0v) is 17.7. The van der Waals surface area contributed by atoms with Crippen LogP contribution in [0.15, 0.2) is 73.8 Å². The smallest absolute Gasteiger partial charge is 0.420 e. The first-order valence-electron chi connectivity index (χ1n) is 9.71. The summed E-state index contributed by atoms with van der Waals surface area (Å²) in [4.78, 5) is 32.3. The van der Waals surface area contributed by atoms with E-state index in [9.17, 15) is 31.5 Å². The molecule has 0 bridgehead atoms. The van der Waals surface area contributed by atoms with Gasteiger partial charge in [0.15, 0.2) is 17.4 Å². The van der Waals surface area contributed by atoms with Crippen LogP contribution in [-0.2, 0) is 11.2 Å². The third-order valence-corrected chi connectivity index (χ3v) is 4.43. The predicted molar refractivity (Wildman–Crippen MR) is 113 cm³/mol. The lowest BCUT2D eigenvalue weighted by Gasteiger charge is -2.11. The Balaban J connectivity index is 1.73. The number of nitrogens with zero attached hydrogens (tertiary/aromatic N) is 2. The van der Waals surface area contributed by atoms with Gasteiger partial charge < -0.3 is 9.47 Å². The highest BCUT2D eigenvalue weighted by Crippen LogP contribution is 2.27. The topological polar surface area (TPSA) is 78.4 Å². The Hall–Kier alpha value is -4.41. The summed E-state index contributed by atoms with van der Waals surface area (Å²) in [5.74, 6) is -7.19. The van der Waals surface area contributed by atoms with E-state index in [0.29, 0.717) is 18.1 Å². The number of carbonyl (C=O) groups is 2. The monoisotopic (exact) mass is 490 g/mol. The molecule has 1 heterocycles. The molecule has 0 saturated carbocycles. The molecule has 0 N–H and O–H groups in total. The summed E-state index contributed by atoms with van der Waals surface area (Å²) >= 11 is 0. The second kappa shape index (κ2) is 10.2. The number of rotatable bonds is 7. The van der Waals surface area contributed by atoms with E-state index >= 15 is 0 Å². The van der Waals surface area contributed by atoms with Crippen molar-refractivity contribution >= 4 is 11.9 Å². The number of allylic oxidation sites excluding steroid dienone is 2. The van der Waals surface area contributed by atoms with Gasteiger partial charge in [0.25, 0.3) is 0 Å². The molecule has 0 radical (unpaired) electrons. The van der Waals surface area contributed by atoms with Crippen molar-refractivity contribution in [2.45, 2.75) is 12.6 Å². The Morgan fingerprint density at radius 2 is 1.66 bits per heavy atom. The second-order valence-electron chi connectivity index (χ2n) is 6.95. The van der Waals surface area contributed by atoms with E-state index in [1.165, 1.54) is 6.07 Å². The van der Waals surface area contributed by atoms with E-state index in [2.05, 4.69) is 27.9 Å². The summed E-state index contributed by atoms with van der Waals surface area (Å²) in [6.45, 7) is 6.18. The minimum absolute atomic E-state index is 0.219. The lowest BCUT2D eigenvalue weighted by molar-refractivity contribution is -0.122. The van der Waals surface area contributed by atoms with Gasteiger partial charge in [-0.3, -0.25) is 0 Å². The van der Waals surface area contributed by atoms with Crippen LogP contribution in [0.25, 0.3) is 11.4 Å². The number of hydrogen-bond acceptors (Lipinski definition) is 6. The van der Waals surface area contributed by atoms with Crippen LogP contribution in [0, 0.1) is 11.6 Å². The fraction of sp³-hybridized carbons (Fsp3) is 0.0833. The fourth-order valence-electron chi connectivity index (χ4n) is 2.69. The van der Waals surface area contributed by atoms with Crippen LogP contribution in [-0.4, -0.2) is 28.1 Å². The van der Waals surface area contributed by atoms with Crippen LogP contribution in [0.2, 0.25) is 0 Å². The summed E-state index contributed by atoms with van der Waals surface area (Å²) in [5, 5.41) is 0. The third kappa shape index (κ3) is 6.14. The van der Waals surface area contributed by atoms with Gasteiger partial charge in [-0.2, -0.15) is 13.2 Å². The Bertz CT molecular complexity index is 1300. The van der Waals surface area contributed by atoms with Crippen LogP contribution in [0.3, 0.4) is 0 Å². The lowest BCUT2D eigenvalue weighted by Crippen LogP contribution is -2.18. The largest absolute Gasteiger partial charge is 0.449 e. The molecule has 0 fully saturated rings. The summed E-state index contributed by atoms with van der Waals surface area (Å²) in [7, 11) is 0. The first-order valence-corrected chi connectivity index (χ1v) is 9.71. The average molecular weight is 490 g/mol. The SMILES string of the molecule is C=CCc1cnc(-c2ccc(OC(=O)c3ccc(C(=O)OC(=C)C(F)(F)F)cc3F)c(F)c2)nc1. The molecule has 11 heteroatoms. The number of aromatic nitrogens is 2. The molecule has 1 aromatic heterocycles. The van der Waals surface area contributed by atoms with Crippen molar-refractivity contribution in [1.82, 2.24) is 9.97 Å². The summed E-state index contributed by atoms with van der Waals surface area (Å²) in [6, 6.07) is 5.64. The van der Waals surface area contributed by atoms with Gasteiger partial charge in [0, 0.05) is 18.0 Å². The van der Waals surface area contributed by atoms with E-state index in [4.69, 9.17) is 4.74 Å². The van der Waals surface area contributed by atoms with E-state index in [-0.39, 0.29) is 5.82 Å². The molecule has 0 aliphatic rings. The quantitative estimate of drug-likeness (QED) is 0.141. The normalized spacial score (nSPS) is 11.0. The average Bonchev–Trinajstić information content (AvgIpc) is 2.80. The molecule has 180 valence electrons. The maximum atomic E-state index is 14.5. The number of hydrogen-bond donors (Lipinski definition) is 0. The van der Waals surface area contributed by atoms with Gasteiger partial charge in [0.05, 0.1) is 11.1 Å². The highest BCUT2D eigenvalue weighted by Gasteiger charge is 2.36. The first kappa shape index (κ1) is 25.2. The van der Waals surface area contributed by atoms with E-state index in [1.807, 2.05) is 0 Å². The van der Waals surface area contributed by atoms with Crippen LogP contribution in [0.1, 0.15) is 26.3 Å². The molecule has 0 atom stereocenters. The van der Waals surface area contributed by atoms with Crippen LogP contribution < -0.4 is 4.74 Å². The number of alkyl halides is 3. The van der Waals surface area contributed by atoms with E-state index in [0.717, 1.165) is 29.8 Å².